The van der Waals surface area contributed by atoms with Gasteiger partial charge in [-0.3, -0.25) is 10.1 Å². The summed E-state index contributed by atoms with van der Waals surface area (Å²) in [6.45, 7) is 3.84. The number of amides is 1. The quantitative estimate of drug-likeness (QED) is 0.911. The summed E-state index contributed by atoms with van der Waals surface area (Å²) in [4.78, 5) is 17.3. The Kier molecular flexibility index (Phi) is 4.98. The number of ether oxygens (including phenoxy) is 1. The number of hydrogen-bond acceptors (Lipinski definition) is 4. The Morgan fingerprint density at radius 2 is 2.15 bits per heavy atom. The van der Waals surface area contributed by atoms with Crippen molar-refractivity contribution in [2.75, 3.05) is 5.32 Å². The molecular formula is C14H15ClN2O2S. The van der Waals surface area contributed by atoms with E-state index in [1.165, 1.54) is 11.3 Å². The number of anilines is 1. The van der Waals surface area contributed by atoms with Gasteiger partial charge in [-0.1, -0.05) is 18.5 Å². The Bertz CT molecular complexity index is 583. The molecule has 1 aromatic heterocycles. The minimum absolute atomic E-state index is 0.197. The zero-order valence-corrected chi connectivity index (χ0v) is 12.8. The van der Waals surface area contributed by atoms with E-state index in [4.69, 9.17) is 16.3 Å². The van der Waals surface area contributed by atoms with Crippen LogP contribution in [-0.2, 0) is 4.79 Å². The molecule has 0 radical (unpaired) electrons. The molecule has 0 aliphatic carbocycles. The SMILES string of the molecule is CC[C@H](Oc1ccc(Cl)cc1)C(=O)Nc1ncc(C)s1. The lowest BCUT2D eigenvalue weighted by Gasteiger charge is -2.16. The van der Waals surface area contributed by atoms with E-state index >= 15 is 0 Å². The molecule has 0 aliphatic heterocycles. The predicted molar refractivity (Wildman–Crippen MR) is 81.6 cm³/mol. The van der Waals surface area contributed by atoms with Crippen molar-refractivity contribution >= 4 is 34.0 Å². The van der Waals surface area contributed by atoms with Gasteiger partial charge in [0.1, 0.15) is 5.75 Å². The molecule has 0 fully saturated rings. The molecule has 0 bridgehead atoms. The third-order valence-corrected chi connectivity index (χ3v) is 3.69. The Labute approximate surface area is 126 Å². The topological polar surface area (TPSA) is 51.2 Å². The molecular weight excluding hydrogens is 296 g/mol. The van der Waals surface area contributed by atoms with Gasteiger partial charge in [0.15, 0.2) is 11.2 Å². The molecule has 20 heavy (non-hydrogen) atoms. The van der Waals surface area contributed by atoms with Crippen LogP contribution in [-0.4, -0.2) is 17.0 Å². The van der Waals surface area contributed by atoms with E-state index in [2.05, 4.69) is 10.3 Å². The summed E-state index contributed by atoms with van der Waals surface area (Å²) < 4.78 is 5.67. The van der Waals surface area contributed by atoms with Crippen LogP contribution in [0, 0.1) is 6.92 Å². The highest BCUT2D eigenvalue weighted by molar-refractivity contribution is 7.15. The molecule has 0 unspecified atom stereocenters. The molecule has 2 rings (SSSR count). The Balaban J connectivity index is 2.00. The number of nitrogens with one attached hydrogen (secondary N) is 1. The molecule has 0 aliphatic rings. The lowest BCUT2D eigenvalue weighted by Crippen LogP contribution is -2.32. The number of carbonyl (C=O) groups excluding carboxylic acids is 1. The Hall–Kier alpha value is -1.59. The van der Waals surface area contributed by atoms with Gasteiger partial charge in [-0.05, 0) is 37.6 Å². The van der Waals surface area contributed by atoms with E-state index in [0.29, 0.717) is 22.3 Å². The van der Waals surface area contributed by atoms with Crippen LogP contribution in [0.15, 0.2) is 30.5 Å². The van der Waals surface area contributed by atoms with Gasteiger partial charge in [-0.25, -0.2) is 4.98 Å². The molecule has 6 heteroatoms. The van der Waals surface area contributed by atoms with E-state index in [0.717, 1.165) is 4.88 Å². The second-order valence-electron chi connectivity index (χ2n) is 4.23. The van der Waals surface area contributed by atoms with Crippen molar-refractivity contribution in [2.24, 2.45) is 0 Å². The number of benzene rings is 1. The molecule has 2 aromatic rings. The van der Waals surface area contributed by atoms with Crippen LogP contribution in [0.1, 0.15) is 18.2 Å². The fourth-order valence-corrected chi connectivity index (χ4v) is 2.39. The number of aromatic nitrogens is 1. The van der Waals surface area contributed by atoms with Gasteiger partial charge in [-0.15, -0.1) is 11.3 Å². The summed E-state index contributed by atoms with van der Waals surface area (Å²) in [5.41, 5.74) is 0. The highest BCUT2D eigenvalue weighted by atomic mass is 35.5. The monoisotopic (exact) mass is 310 g/mol. The second kappa shape index (κ2) is 6.72. The third kappa shape index (κ3) is 3.95. The molecule has 0 saturated heterocycles. The molecule has 1 heterocycles. The first kappa shape index (κ1) is 14.8. The summed E-state index contributed by atoms with van der Waals surface area (Å²) in [5, 5.41) is 3.98. The number of carbonyl (C=O) groups is 1. The number of thiazole rings is 1. The molecule has 1 amide bonds. The van der Waals surface area contributed by atoms with Gasteiger partial charge in [-0.2, -0.15) is 0 Å². The maximum Gasteiger partial charge on any atom is 0.267 e. The summed E-state index contributed by atoms with van der Waals surface area (Å²) in [7, 11) is 0. The number of hydrogen-bond donors (Lipinski definition) is 1. The van der Waals surface area contributed by atoms with Crippen LogP contribution in [0.2, 0.25) is 5.02 Å². The lowest BCUT2D eigenvalue weighted by atomic mass is 10.2. The van der Waals surface area contributed by atoms with Crippen molar-refractivity contribution in [1.82, 2.24) is 4.98 Å². The van der Waals surface area contributed by atoms with E-state index in [1.54, 1.807) is 30.5 Å². The minimum atomic E-state index is -0.555. The smallest absolute Gasteiger partial charge is 0.267 e. The summed E-state index contributed by atoms with van der Waals surface area (Å²) in [6, 6.07) is 6.94. The fourth-order valence-electron chi connectivity index (χ4n) is 1.60. The van der Waals surface area contributed by atoms with Gasteiger partial charge >= 0.3 is 0 Å². The average Bonchev–Trinajstić information content (AvgIpc) is 2.83. The summed E-state index contributed by atoms with van der Waals surface area (Å²) in [5.74, 6) is 0.420. The molecule has 0 spiro atoms. The maximum atomic E-state index is 12.1. The number of rotatable bonds is 5. The van der Waals surface area contributed by atoms with E-state index in [9.17, 15) is 4.79 Å². The highest BCUT2D eigenvalue weighted by Gasteiger charge is 2.19. The Morgan fingerprint density at radius 1 is 1.45 bits per heavy atom. The van der Waals surface area contributed by atoms with Crippen molar-refractivity contribution in [1.29, 1.82) is 0 Å². The van der Waals surface area contributed by atoms with Gasteiger partial charge in [0.05, 0.1) is 0 Å². The number of aryl methyl sites for hydroxylation is 1. The first-order valence-electron chi connectivity index (χ1n) is 6.24. The third-order valence-electron chi connectivity index (χ3n) is 2.61. The van der Waals surface area contributed by atoms with Crippen LogP contribution >= 0.6 is 22.9 Å². The lowest BCUT2D eigenvalue weighted by molar-refractivity contribution is -0.122. The summed E-state index contributed by atoms with van der Waals surface area (Å²) >= 11 is 7.25. The number of nitrogens with zero attached hydrogens (tertiary/aromatic N) is 1. The van der Waals surface area contributed by atoms with Crippen LogP contribution in [0.25, 0.3) is 0 Å². The maximum absolute atomic E-state index is 12.1. The molecule has 4 nitrogen and oxygen atoms in total. The minimum Gasteiger partial charge on any atom is -0.481 e. The molecule has 1 aromatic carbocycles. The van der Waals surface area contributed by atoms with Crippen molar-refractivity contribution in [3.8, 4) is 5.75 Å². The predicted octanol–water partition coefficient (Wildman–Crippen LogP) is 3.90. The van der Waals surface area contributed by atoms with Crippen molar-refractivity contribution in [3.05, 3.63) is 40.4 Å². The van der Waals surface area contributed by atoms with Gasteiger partial charge in [0.25, 0.3) is 5.91 Å². The Morgan fingerprint density at radius 3 is 2.70 bits per heavy atom. The van der Waals surface area contributed by atoms with Crippen molar-refractivity contribution < 1.29 is 9.53 Å². The first-order chi connectivity index (χ1) is 9.58. The van der Waals surface area contributed by atoms with E-state index in [1.807, 2.05) is 13.8 Å². The van der Waals surface area contributed by atoms with Crippen molar-refractivity contribution in [3.63, 3.8) is 0 Å². The van der Waals surface area contributed by atoms with Crippen LogP contribution in [0.4, 0.5) is 5.13 Å². The second-order valence-corrected chi connectivity index (χ2v) is 5.91. The van der Waals surface area contributed by atoms with Crippen LogP contribution < -0.4 is 10.1 Å². The van der Waals surface area contributed by atoms with E-state index < -0.39 is 6.10 Å². The number of halogens is 1. The molecule has 1 atom stereocenters. The zero-order chi connectivity index (χ0) is 14.5. The van der Waals surface area contributed by atoms with Crippen LogP contribution in [0.3, 0.4) is 0 Å². The normalized spacial score (nSPS) is 11.9. The summed E-state index contributed by atoms with van der Waals surface area (Å²) in [6.07, 6.45) is 1.74. The standard InChI is InChI=1S/C14H15ClN2O2S/c1-3-12(19-11-6-4-10(15)5-7-11)13(18)17-14-16-8-9(2)20-14/h4-8,12H,3H2,1-2H3,(H,16,17,18)/t12-/m0/s1. The van der Waals surface area contributed by atoms with Crippen molar-refractivity contribution in [2.45, 2.75) is 26.4 Å². The molecule has 0 saturated carbocycles. The van der Waals surface area contributed by atoms with Gasteiger partial charge < -0.3 is 4.74 Å². The average molecular weight is 311 g/mol. The highest BCUT2D eigenvalue weighted by Crippen LogP contribution is 2.20. The van der Waals surface area contributed by atoms with E-state index in [-0.39, 0.29) is 5.91 Å². The fraction of sp³-hybridized carbons (Fsp3) is 0.286. The molecule has 106 valence electrons. The first-order valence-corrected chi connectivity index (χ1v) is 7.43. The van der Waals surface area contributed by atoms with Crippen LogP contribution in [0.5, 0.6) is 5.75 Å². The van der Waals surface area contributed by atoms with Gasteiger partial charge in [0.2, 0.25) is 0 Å². The van der Waals surface area contributed by atoms with Gasteiger partial charge in [0, 0.05) is 16.1 Å². The largest absolute Gasteiger partial charge is 0.481 e. The molecule has 1 N–H and O–H groups in total. The zero-order valence-electron chi connectivity index (χ0n) is 11.2.